The van der Waals surface area contributed by atoms with Crippen molar-refractivity contribution in [2.75, 3.05) is 6.61 Å². The van der Waals surface area contributed by atoms with Gasteiger partial charge in [-0.3, -0.25) is 0 Å². The third kappa shape index (κ3) is 2.25. The van der Waals surface area contributed by atoms with Crippen molar-refractivity contribution in [2.24, 2.45) is 5.92 Å². The van der Waals surface area contributed by atoms with E-state index in [1.807, 2.05) is 6.92 Å². The maximum Gasteiger partial charge on any atom is 0.180 e. The number of hydrogen-bond acceptors (Lipinski definition) is 1. The van der Waals surface area contributed by atoms with Crippen LogP contribution in [0.5, 0.6) is 0 Å². The molecule has 0 spiro atoms. The molecule has 1 heteroatoms. The van der Waals surface area contributed by atoms with Crippen LogP contribution >= 0.6 is 0 Å². The molecule has 0 saturated carbocycles. The SMILES string of the molecule is CC#CC1(OCC(C)CC)c2ccccc2-c2ccccc21. The lowest BCUT2D eigenvalue weighted by Crippen LogP contribution is -2.29. The van der Waals surface area contributed by atoms with E-state index < -0.39 is 5.60 Å². The van der Waals surface area contributed by atoms with Crippen molar-refractivity contribution in [2.45, 2.75) is 32.8 Å². The highest BCUT2D eigenvalue weighted by molar-refractivity contribution is 5.82. The van der Waals surface area contributed by atoms with Gasteiger partial charge in [0.25, 0.3) is 0 Å². The monoisotopic (exact) mass is 290 g/mol. The van der Waals surface area contributed by atoms with Gasteiger partial charge in [0.2, 0.25) is 0 Å². The second-order valence-corrected chi connectivity index (χ2v) is 5.97. The molecular weight excluding hydrogens is 268 g/mol. The van der Waals surface area contributed by atoms with Crippen molar-refractivity contribution in [3.63, 3.8) is 0 Å². The molecule has 2 aromatic carbocycles. The fourth-order valence-corrected chi connectivity index (χ4v) is 3.08. The molecule has 0 aliphatic heterocycles. The molecule has 1 aliphatic carbocycles. The van der Waals surface area contributed by atoms with Crippen molar-refractivity contribution in [3.05, 3.63) is 59.7 Å². The average molecular weight is 290 g/mol. The summed E-state index contributed by atoms with van der Waals surface area (Å²) in [5, 5.41) is 0. The van der Waals surface area contributed by atoms with Crippen LogP contribution in [0.2, 0.25) is 0 Å². The quantitative estimate of drug-likeness (QED) is 0.720. The fraction of sp³-hybridized carbons (Fsp3) is 0.333. The summed E-state index contributed by atoms with van der Waals surface area (Å²) < 4.78 is 6.46. The Kier molecular flexibility index (Phi) is 4.05. The highest BCUT2D eigenvalue weighted by atomic mass is 16.5. The molecule has 0 saturated heterocycles. The molecule has 0 fully saturated rings. The molecule has 2 aromatic rings. The Morgan fingerprint density at radius 1 is 1.00 bits per heavy atom. The fourth-order valence-electron chi connectivity index (χ4n) is 3.08. The lowest BCUT2D eigenvalue weighted by Gasteiger charge is -2.28. The van der Waals surface area contributed by atoms with Crippen LogP contribution in [0.15, 0.2) is 48.5 Å². The van der Waals surface area contributed by atoms with Gasteiger partial charge in [0, 0.05) is 11.1 Å². The second-order valence-electron chi connectivity index (χ2n) is 5.97. The van der Waals surface area contributed by atoms with Gasteiger partial charge in [-0.25, -0.2) is 0 Å². The molecule has 0 N–H and O–H groups in total. The molecule has 0 amide bonds. The first-order valence-electron chi connectivity index (χ1n) is 8.00. The molecule has 0 aromatic heterocycles. The minimum Gasteiger partial charge on any atom is -0.354 e. The Balaban J connectivity index is 2.17. The maximum atomic E-state index is 6.46. The van der Waals surface area contributed by atoms with Crippen LogP contribution in [0.25, 0.3) is 11.1 Å². The van der Waals surface area contributed by atoms with Gasteiger partial charge in [-0.15, -0.1) is 5.92 Å². The van der Waals surface area contributed by atoms with Crippen molar-refractivity contribution in [1.29, 1.82) is 0 Å². The molecule has 1 atom stereocenters. The smallest absolute Gasteiger partial charge is 0.180 e. The van der Waals surface area contributed by atoms with E-state index in [1.54, 1.807) is 0 Å². The Morgan fingerprint density at radius 2 is 1.55 bits per heavy atom. The highest BCUT2D eigenvalue weighted by Gasteiger charge is 2.43. The molecular formula is C21H22O. The van der Waals surface area contributed by atoms with E-state index in [-0.39, 0.29) is 0 Å². The van der Waals surface area contributed by atoms with Gasteiger partial charge in [-0.1, -0.05) is 74.7 Å². The van der Waals surface area contributed by atoms with Crippen LogP contribution in [-0.4, -0.2) is 6.61 Å². The summed E-state index contributed by atoms with van der Waals surface area (Å²) in [5.74, 6) is 7.00. The summed E-state index contributed by atoms with van der Waals surface area (Å²) in [5.41, 5.74) is 4.21. The van der Waals surface area contributed by atoms with E-state index in [0.29, 0.717) is 12.5 Å². The van der Waals surface area contributed by atoms with Crippen LogP contribution in [0.4, 0.5) is 0 Å². The predicted molar refractivity (Wildman–Crippen MR) is 91.5 cm³/mol. The van der Waals surface area contributed by atoms with Gasteiger partial charge in [-0.2, -0.15) is 0 Å². The highest BCUT2D eigenvalue weighted by Crippen LogP contribution is 2.49. The zero-order valence-corrected chi connectivity index (χ0v) is 13.5. The van der Waals surface area contributed by atoms with Crippen LogP contribution in [-0.2, 0) is 10.3 Å². The number of rotatable bonds is 4. The normalized spacial score (nSPS) is 15.4. The van der Waals surface area contributed by atoms with Crippen LogP contribution in [0, 0.1) is 17.8 Å². The van der Waals surface area contributed by atoms with E-state index in [4.69, 9.17) is 4.74 Å². The molecule has 112 valence electrons. The average Bonchev–Trinajstić information content (AvgIpc) is 2.84. The first-order valence-corrected chi connectivity index (χ1v) is 8.00. The first kappa shape index (κ1) is 14.9. The van der Waals surface area contributed by atoms with Crippen LogP contribution < -0.4 is 0 Å². The van der Waals surface area contributed by atoms with E-state index >= 15 is 0 Å². The molecule has 1 unspecified atom stereocenters. The van der Waals surface area contributed by atoms with Crippen molar-refractivity contribution in [1.82, 2.24) is 0 Å². The lowest BCUT2D eigenvalue weighted by molar-refractivity contribution is 0.00938. The minimum absolute atomic E-state index is 0.524. The van der Waals surface area contributed by atoms with Gasteiger partial charge in [0.15, 0.2) is 5.60 Å². The van der Waals surface area contributed by atoms with Gasteiger partial charge in [0.1, 0.15) is 0 Å². The summed E-state index contributed by atoms with van der Waals surface area (Å²) in [6.07, 6.45) is 1.11. The van der Waals surface area contributed by atoms with E-state index in [9.17, 15) is 0 Å². The van der Waals surface area contributed by atoms with E-state index in [1.165, 1.54) is 22.3 Å². The Bertz CT molecular complexity index is 687. The Labute approximate surface area is 133 Å². The minimum atomic E-state index is -0.620. The molecule has 1 nitrogen and oxygen atoms in total. The summed E-state index contributed by atoms with van der Waals surface area (Å²) >= 11 is 0. The standard InChI is InChI=1S/C21H22O/c1-4-14-21(22-15-16(3)5-2)19-12-8-6-10-17(19)18-11-7-9-13-20(18)21/h6-13,16H,5,15H2,1-3H3. The number of hydrogen-bond donors (Lipinski definition) is 0. The van der Waals surface area contributed by atoms with Gasteiger partial charge in [-0.05, 0) is 24.0 Å². The molecule has 22 heavy (non-hydrogen) atoms. The molecule has 0 radical (unpaired) electrons. The zero-order valence-electron chi connectivity index (χ0n) is 13.5. The summed E-state index contributed by atoms with van der Waals surface area (Å²) in [4.78, 5) is 0. The van der Waals surface area contributed by atoms with Gasteiger partial charge >= 0.3 is 0 Å². The largest absolute Gasteiger partial charge is 0.354 e. The van der Waals surface area contributed by atoms with Crippen molar-refractivity contribution >= 4 is 0 Å². The number of benzene rings is 2. The Hall–Kier alpha value is -2.04. The van der Waals surface area contributed by atoms with E-state index in [0.717, 1.165) is 6.42 Å². The molecule has 1 aliphatic rings. The van der Waals surface area contributed by atoms with E-state index in [2.05, 4.69) is 74.2 Å². The predicted octanol–water partition coefficient (Wildman–Crippen LogP) is 5.00. The maximum absolute atomic E-state index is 6.46. The summed E-state index contributed by atoms with van der Waals surface area (Å²) in [6.45, 7) is 7.02. The van der Waals surface area contributed by atoms with Crippen molar-refractivity contribution < 1.29 is 4.74 Å². The van der Waals surface area contributed by atoms with Gasteiger partial charge < -0.3 is 4.74 Å². The zero-order chi connectivity index (χ0) is 15.6. The number of ether oxygens (including phenoxy) is 1. The lowest BCUT2D eigenvalue weighted by atomic mass is 9.91. The van der Waals surface area contributed by atoms with Crippen LogP contribution in [0.3, 0.4) is 0 Å². The summed E-state index contributed by atoms with van der Waals surface area (Å²) in [6, 6.07) is 16.9. The molecule has 3 rings (SSSR count). The Morgan fingerprint density at radius 3 is 2.05 bits per heavy atom. The van der Waals surface area contributed by atoms with Gasteiger partial charge in [0.05, 0.1) is 6.61 Å². The third-order valence-corrected chi connectivity index (χ3v) is 4.49. The topological polar surface area (TPSA) is 9.23 Å². The summed E-state index contributed by atoms with van der Waals surface area (Å²) in [7, 11) is 0. The van der Waals surface area contributed by atoms with Crippen molar-refractivity contribution in [3.8, 4) is 23.0 Å². The van der Waals surface area contributed by atoms with Crippen LogP contribution in [0.1, 0.15) is 38.3 Å². The third-order valence-electron chi connectivity index (χ3n) is 4.49. The first-order chi connectivity index (χ1) is 10.7. The number of fused-ring (bicyclic) bond motifs is 3. The molecule has 0 bridgehead atoms. The molecule has 0 heterocycles. The second kappa shape index (κ2) is 5.99.